The molecule has 0 saturated carbocycles. The van der Waals surface area contributed by atoms with E-state index in [4.69, 9.17) is 12.2 Å². The molecule has 1 fully saturated rings. The smallest absolute Gasteiger partial charge is 0.248 e. The van der Waals surface area contributed by atoms with E-state index in [-0.39, 0.29) is 17.9 Å². The van der Waals surface area contributed by atoms with E-state index in [0.717, 1.165) is 12.0 Å². The molecule has 4 nitrogen and oxygen atoms in total. The normalized spacial score (nSPS) is 25.2. The second-order valence-corrected chi connectivity index (χ2v) is 4.74. The Morgan fingerprint density at radius 2 is 2.29 bits per heavy atom. The summed E-state index contributed by atoms with van der Waals surface area (Å²) in [6.45, 7) is 0. The first-order chi connectivity index (χ1) is 8.22. The second kappa shape index (κ2) is 3.70. The van der Waals surface area contributed by atoms with Crippen LogP contribution in [0.15, 0.2) is 24.3 Å². The molecule has 1 aromatic rings. The van der Waals surface area contributed by atoms with Crippen LogP contribution < -0.4 is 10.7 Å². The molecule has 2 atom stereocenters. The van der Waals surface area contributed by atoms with E-state index in [1.54, 1.807) is 12.1 Å². The molecule has 5 heteroatoms. The molecule has 1 heterocycles. The molecule has 1 aliphatic carbocycles. The first kappa shape index (κ1) is 10.5. The fraction of sp³-hybridized carbons (Fsp3) is 0.333. The number of hydrogen-bond acceptors (Lipinski definition) is 2. The molecular weight excluding hydrogens is 234 g/mol. The van der Waals surface area contributed by atoms with Crippen molar-refractivity contribution >= 4 is 23.2 Å². The first-order valence-corrected chi connectivity index (χ1v) is 6.02. The van der Waals surface area contributed by atoms with E-state index in [0.29, 0.717) is 5.11 Å². The minimum Gasteiger partial charge on any atom is -0.364 e. The molecule has 88 valence electrons. The standard InChI is InChI=1S/C12H13N3OS/c1-13-12(17)15-9-6-7-4-2-3-5-8(7)10(9)11(16)14-15/h2-5,9-10H,6H2,1H3,(H,13,17)(H,14,16). The third-order valence-electron chi connectivity index (χ3n) is 3.48. The minimum atomic E-state index is -0.0856. The number of hydrogen-bond donors (Lipinski definition) is 2. The average Bonchev–Trinajstić information content (AvgIpc) is 2.86. The number of nitrogens with one attached hydrogen (secondary N) is 2. The maximum atomic E-state index is 12.0. The van der Waals surface area contributed by atoms with Crippen molar-refractivity contribution in [2.24, 2.45) is 0 Å². The maximum absolute atomic E-state index is 12.0. The molecule has 1 saturated heterocycles. The first-order valence-electron chi connectivity index (χ1n) is 5.61. The predicted molar refractivity (Wildman–Crippen MR) is 68.3 cm³/mol. The molecule has 1 aromatic carbocycles. The van der Waals surface area contributed by atoms with Gasteiger partial charge in [0.25, 0.3) is 0 Å². The third kappa shape index (κ3) is 1.42. The number of fused-ring (bicyclic) bond motifs is 3. The van der Waals surface area contributed by atoms with Gasteiger partial charge in [-0.05, 0) is 29.8 Å². The Hall–Kier alpha value is -1.62. The summed E-state index contributed by atoms with van der Waals surface area (Å²) >= 11 is 5.20. The zero-order chi connectivity index (χ0) is 12.0. The molecule has 0 aromatic heterocycles. The Morgan fingerprint density at radius 1 is 1.53 bits per heavy atom. The summed E-state index contributed by atoms with van der Waals surface area (Å²) in [5, 5.41) is 5.26. The molecule has 1 aliphatic heterocycles. The van der Waals surface area contributed by atoms with Gasteiger partial charge in [-0.3, -0.25) is 15.2 Å². The fourth-order valence-corrected chi connectivity index (χ4v) is 2.90. The van der Waals surface area contributed by atoms with Crippen molar-refractivity contribution in [1.82, 2.24) is 15.8 Å². The summed E-state index contributed by atoms with van der Waals surface area (Å²) in [4.78, 5) is 12.0. The van der Waals surface area contributed by atoms with E-state index >= 15 is 0 Å². The number of amides is 1. The van der Waals surface area contributed by atoms with Crippen LogP contribution in [0.2, 0.25) is 0 Å². The number of hydrazine groups is 1. The van der Waals surface area contributed by atoms with Crippen molar-refractivity contribution in [2.75, 3.05) is 7.05 Å². The monoisotopic (exact) mass is 247 g/mol. The number of benzene rings is 1. The molecule has 17 heavy (non-hydrogen) atoms. The van der Waals surface area contributed by atoms with E-state index in [2.05, 4.69) is 16.8 Å². The van der Waals surface area contributed by atoms with Gasteiger partial charge in [0.1, 0.15) is 0 Å². The molecule has 1 amide bonds. The summed E-state index contributed by atoms with van der Waals surface area (Å²) in [5.74, 6) is -0.0463. The minimum absolute atomic E-state index is 0.0394. The Bertz CT molecular complexity index is 502. The lowest BCUT2D eigenvalue weighted by Gasteiger charge is -2.24. The molecule has 2 unspecified atom stereocenters. The van der Waals surface area contributed by atoms with Crippen LogP contribution in [0.3, 0.4) is 0 Å². The van der Waals surface area contributed by atoms with Crippen LogP contribution in [0.1, 0.15) is 17.0 Å². The fourth-order valence-electron chi connectivity index (χ4n) is 2.72. The number of carbonyl (C=O) groups excluding carboxylic acids is 1. The van der Waals surface area contributed by atoms with Crippen LogP contribution in [-0.2, 0) is 11.2 Å². The molecular formula is C12H13N3OS. The lowest BCUT2D eigenvalue weighted by molar-refractivity contribution is -0.121. The lowest BCUT2D eigenvalue weighted by atomic mass is 9.99. The SMILES string of the molecule is CNC(=S)N1NC(=O)C2c3ccccc3CC21. The van der Waals surface area contributed by atoms with E-state index in [1.807, 2.05) is 18.2 Å². The van der Waals surface area contributed by atoms with E-state index < -0.39 is 0 Å². The number of carbonyl (C=O) groups is 1. The third-order valence-corrected chi connectivity index (χ3v) is 3.88. The van der Waals surface area contributed by atoms with Crippen LogP contribution in [0.5, 0.6) is 0 Å². The van der Waals surface area contributed by atoms with Crippen molar-refractivity contribution in [3.05, 3.63) is 35.4 Å². The van der Waals surface area contributed by atoms with Gasteiger partial charge in [-0.2, -0.15) is 0 Å². The van der Waals surface area contributed by atoms with Crippen molar-refractivity contribution in [3.8, 4) is 0 Å². The van der Waals surface area contributed by atoms with Gasteiger partial charge in [0.2, 0.25) is 5.91 Å². The Kier molecular flexibility index (Phi) is 2.29. The summed E-state index contributed by atoms with van der Waals surface area (Å²) in [5.41, 5.74) is 5.22. The highest BCUT2D eigenvalue weighted by Crippen LogP contribution is 2.39. The van der Waals surface area contributed by atoms with Crippen molar-refractivity contribution in [1.29, 1.82) is 0 Å². The largest absolute Gasteiger partial charge is 0.364 e. The molecule has 0 bridgehead atoms. The maximum Gasteiger partial charge on any atom is 0.248 e. The number of nitrogens with zero attached hydrogens (tertiary/aromatic N) is 1. The second-order valence-electron chi connectivity index (χ2n) is 4.35. The quantitative estimate of drug-likeness (QED) is 0.657. The topological polar surface area (TPSA) is 44.4 Å². The molecule has 2 N–H and O–H groups in total. The zero-order valence-electron chi connectivity index (χ0n) is 9.43. The van der Waals surface area contributed by atoms with Crippen LogP contribution in [0, 0.1) is 0 Å². The van der Waals surface area contributed by atoms with Crippen molar-refractivity contribution in [3.63, 3.8) is 0 Å². The highest BCUT2D eigenvalue weighted by molar-refractivity contribution is 7.80. The highest BCUT2D eigenvalue weighted by Gasteiger charge is 2.47. The van der Waals surface area contributed by atoms with Gasteiger partial charge in [0.05, 0.1) is 12.0 Å². The number of rotatable bonds is 0. The highest BCUT2D eigenvalue weighted by atomic mass is 32.1. The molecule has 0 spiro atoms. The van der Waals surface area contributed by atoms with Gasteiger partial charge in [-0.15, -0.1) is 0 Å². The summed E-state index contributed by atoms with van der Waals surface area (Å²) in [7, 11) is 1.77. The van der Waals surface area contributed by atoms with Gasteiger partial charge >= 0.3 is 0 Å². The molecule has 2 aliphatic rings. The number of thiocarbonyl (C=S) groups is 1. The molecule has 0 radical (unpaired) electrons. The molecule has 3 rings (SSSR count). The van der Waals surface area contributed by atoms with Crippen LogP contribution in [0.25, 0.3) is 0 Å². The summed E-state index contributed by atoms with van der Waals surface area (Å²) < 4.78 is 0. The van der Waals surface area contributed by atoms with E-state index in [9.17, 15) is 4.79 Å². The van der Waals surface area contributed by atoms with Gasteiger partial charge in [0, 0.05) is 7.05 Å². The Balaban J connectivity index is 1.99. The van der Waals surface area contributed by atoms with Crippen molar-refractivity contribution in [2.45, 2.75) is 18.4 Å². The average molecular weight is 247 g/mol. The predicted octanol–water partition coefficient (Wildman–Crippen LogP) is 0.546. The van der Waals surface area contributed by atoms with Crippen LogP contribution >= 0.6 is 12.2 Å². The van der Waals surface area contributed by atoms with Crippen LogP contribution in [-0.4, -0.2) is 29.1 Å². The van der Waals surface area contributed by atoms with Gasteiger partial charge < -0.3 is 5.32 Å². The lowest BCUT2D eigenvalue weighted by Crippen LogP contribution is -2.47. The summed E-state index contributed by atoms with van der Waals surface area (Å²) in [6.07, 6.45) is 0.862. The Labute approximate surface area is 105 Å². The zero-order valence-corrected chi connectivity index (χ0v) is 10.3. The van der Waals surface area contributed by atoms with Gasteiger partial charge in [0.15, 0.2) is 5.11 Å². The Morgan fingerprint density at radius 3 is 3.06 bits per heavy atom. The summed E-state index contributed by atoms with van der Waals surface area (Å²) in [6, 6.07) is 8.22. The van der Waals surface area contributed by atoms with Crippen molar-refractivity contribution < 1.29 is 4.79 Å². The van der Waals surface area contributed by atoms with Gasteiger partial charge in [-0.1, -0.05) is 24.3 Å². The van der Waals surface area contributed by atoms with E-state index in [1.165, 1.54) is 5.56 Å². The van der Waals surface area contributed by atoms with Gasteiger partial charge in [-0.25, -0.2) is 0 Å². The van der Waals surface area contributed by atoms with Crippen LogP contribution in [0.4, 0.5) is 0 Å².